The van der Waals surface area contributed by atoms with E-state index in [1.807, 2.05) is 6.92 Å². The van der Waals surface area contributed by atoms with E-state index < -0.39 is 16.0 Å². The molecule has 0 aromatic heterocycles. The number of carboxylic acid groups (broad SMARTS) is 1. The molecule has 128 valence electrons. The van der Waals surface area contributed by atoms with E-state index in [0.717, 1.165) is 11.8 Å². The van der Waals surface area contributed by atoms with Crippen LogP contribution in [0, 0.1) is 6.92 Å². The van der Waals surface area contributed by atoms with Crippen molar-refractivity contribution in [1.29, 1.82) is 0 Å². The van der Waals surface area contributed by atoms with Crippen molar-refractivity contribution in [3.63, 3.8) is 0 Å². The molecule has 0 aliphatic rings. The molecular weight excluding hydrogens is 320 g/mol. The minimum atomic E-state index is -3.47. The molecule has 0 aliphatic carbocycles. The average Bonchev–Trinajstić information content (AvgIpc) is 2.42. The number of anilines is 1. The number of rotatable bonds is 9. The lowest BCUT2D eigenvalue weighted by molar-refractivity contribution is -0.137. The summed E-state index contributed by atoms with van der Waals surface area (Å²) in [5.74, 6) is -1.19. The Morgan fingerprint density at radius 2 is 1.87 bits per heavy atom. The van der Waals surface area contributed by atoms with Crippen LogP contribution < -0.4 is 10.0 Å². The fourth-order valence-corrected chi connectivity index (χ4v) is 2.59. The Kier molecular flexibility index (Phi) is 7.02. The maximum atomic E-state index is 12.2. The molecule has 0 saturated heterocycles. The highest BCUT2D eigenvalue weighted by Gasteiger charge is 2.14. The van der Waals surface area contributed by atoms with Gasteiger partial charge in [0.15, 0.2) is 0 Å². The molecule has 0 saturated carbocycles. The standard InChI is InChI=1S/C15H22N2O5S/c1-11-7-8-13(17-23(2,21)22)12(10-11)15(20)16-9-5-3-4-6-14(18)19/h7-8,10,17H,3-6,9H2,1-2H3,(H,16,20)(H,18,19). The van der Waals surface area contributed by atoms with Crippen LogP contribution in [0.25, 0.3) is 0 Å². The second kappa shape index (κ2) is 8.52. The summed E-state index contributed by atoms with van der Waals surface area (Å²) in [6.07, 6.45) is 3.08. The highest BCUT2D eigenvalue weighted by atomic mass is 32.2. The van der Waals surface area contributed by atoms with Crippen molar-refractivity contribution in [1.82, 2.24) is 5.32 Å². The maximum absolute atomic E-state index is 12.2. The number of benzene rings is 1. The molecule has 0 atom stereocenters. The van der Waals surface area contributed by atoms with Gasteiger partial charge in [-0.1, -0.05) is 18.1 Å². The van der Waals surface area contributed by atoms with Crippen LogP contribution in [0.4, 0.5) is 5.69 Å². The van der Waals surface area contributed by atoms with E-state index in [1.54, 1.807) is 18.2 Å². The third kappa shape index (κ3) is 7.64. The van der Waals surface area contributed by atoms with Gasteiger partial charge < -0.3 is 10.4 Å². The number of hydrogen-bond acceptors (Lipinski definition) is 4. The molecule has 0 bridgehead atoms. The highest BCUT2D eigenvalue weighted by molar-refractivity contribution is 7.92. The van der Waals surface area contributed by atoms with Gasteiger partial charge >= 0.3 is 5.97 Å². The normalized spacial score (nSPS) is 11.0. The fourth-order valence-electron chi connectivity index (χ4n) is 2.01. The lowest BCUT2D eigenvalue weighted by Crippen LogP contribution is -2.26. The molecule has 8 heteroatoms. The molecule has 0 heterocycles. The first-order valence-electron chi connectivity index (χ1n) is 7.27. The van der Waals surface area contributed by atoms with Crippen molar-refractivity contribution in [3.05, 3.63) is 29.3 Å². The highest BCUT2D eigenvalue weighted by Crippen LogP contribution is 2.18. The number of carbonyl (C=O) groups is 2. The van der Waals surface area contributed by atoms with Crippen molar-refractivity contribution < 1.29 is 23.1 Å². The Hall–Kier alpha value is -2.09. The maximum Gasteiger partial charge on any atom is 0.303 e. The number of aliphatic carboxylic acids is 1. The summed E-state index contributed by atoms with van der Waals surface area (Å²) >= 11 is 0. The van der Waals surface area contributed by atoms with E-state index in [-0.39, 0.29) is 23.6 Å². The molecule has 1 aromatic carbocycles. The van der Waals surface area contributed by atoms with E-state index in [4.69, 9.17) is 5.11 Å². The van der Waals surface area contributed by atoms with E-state index >= 15 is 0 Å². The molecule has 0 aliphatic heterocycles. The van der Waals surface area contributed by atoms with Gasteiger partial charge in [0.25, 0.3) is 5.91 Å². The number of hydrogen-bond donors (Lipinski definition) is 3. The van der Waals surface area contributed by atoms with Crippen molar-refractivity contribution in [2.75, 3.05) is 17.5 Å². The number of amides is 1. The lowest BCUT2D eigenvalue weighted by Gasteiger charge is -2.12. The van der Waals surface area contributed by atoms with Gasteiger partial charge in [-0.15, -0.1) is 0 Å². The molecule has 0 unspecified atom stereocenters. The van der Waals surface area contributed by atoms with Crippen LogP contribution in [0.3, 0.4) is 0 Å². The Labute approximate surface area is 136 Å². The Balaban J connectivity index is 2.61. The second-order valence-electron chi connectivity index (χ2n) is 5.38. The average molecular weight is 342 g/mol. The van der Waals surface area contributed by atoms with E-state index in [9.17, 15) is 18.0 Å². The predicted molar refractivity (Wildman–Crippen MR) is 88.1 cm³/mol. The topological polar surface area (TPSA) is 113 Å². The minimum absolute atomic E-state index is 0.119. The SMILES string of the molecule is Cc1ccc(NS(C)(=O)=O)c(C(=O)NCCCCCC(=O)O)c1. The van der Waals surface area contributed by atoms with Crippen molar-refractivity contribution in [2.45, 2.75) is 32.6 Å². The van der Waals surface area contributed by atoms with E-state index in [0.29, 0.717) is 25.8 Å². The lowest BCUT2D eigenvalue weighted by atomic mass is 10.1. The fraction of sp³-hybridized carbons (Fsp3) is 0.467. The summed E-state index contributed by atoms with van der Waals surface area (Å²) in [6, 6.07) is 4.89. The van der Waals surface area contributed by atoms with Gasteiger partial charge in [-0.05, 0) is 31.9 Å². The van der Waals surface area contributed by atoms with Crippen LogP contribution in [0.5, 0.6) is 0 Å². The molecule has 1 aromatic rings. The van der Waals surface area contributed by atoms with E-state index in [1.165, 1.54) is 0 Å². The molecule has 1 rings (SSSR count). The van der Waals surface area contributed by atoms with Gasteiger partial charge in [-0.25, -0.2) is 8.42 Å². The summed E-state index contributed by atoms with van der Waals surface area (Å²) in [7, 11) is -3.47. The summed E-state index contributed by atoms with van der Waals surface area (Å²) in [5, 5.41) is 11.2. The molecule has 1 amide bonds. The Morgan fingerprint density at radius 1 is 1.17 bits per heavy atom. The third-order valence-corrected chi connectivity index (χ3v) is 3.66. The number of unbranched alkanes of at least 4 members (excludes halogenated alkanes) is 2. The number of aryl methyl sites for hydroxylation is 1. The number of nitrogens with one attached hydrogen (secondary N) is 2. The Bertz CT molecular complexity index is 670. The molecule has 0 spiro atoms. The molecule has 23 heavy (non-hydrogen) atoms. The summed E-state index contributed by atoms with van der Waals surface area (Å²) in [4.78, 5) is 22.6. The van der Waals surface area contributed by atoms with Crippen molar-refractivity contribution >= 4 is 27.6 Å². The molecule has 0 fully saturated rings. The monoisotopic (exact) mass is 342 g/mol. The van der Waals surface area contributed by atoms with Gasteiger partial charge in [0, 0.05) is 13.0 Å². The number of carboxylic acids is 1. The Morgan fingerprint density at radius 3 is 2.48 bits per heavy atom. The molecule has 0 radical (unpaired) electrons. The van der Waals surface area contributed by atoms with Crippen LogP contribution in [-0.2, 0) is 14.8 Å². The van der Waals surface area contributed by atoms with Gasteiger partial charge in [-0.3, -0.25) is 14.3 Å². The molecule has 3 N–H and O–H groups in total. The third-order valence-electron chi connectivity index (χ3n) is 3.07. The number of carbonyl (C=O) groups excluding carboxylic acids is 1. The minimum Gasteiger partial charge on any atom is -0.481 e. The van der Waals surface area contributed by atoms with Crippen LogP contribution in [-0.4, -0.2) is 38.2 Å². The zero-order valence-corrected chi connectivity index (χ0v) is 14.1. The zero-order chi connectivity index (χ0) is 17.5. The predicted octanol–water partition coefficient (Wildman–Crippen LogP) is 1.74. The first kappa shape index (κ1) is 19.0. The summed E-state index contributed by atoms with van der Waals surface area (Å²) in [6.45, 7) is 2.22. The zero-order valence-electron chi connectivity index (χ0n) is 13.3. The second-order valence-corrected chi connectivity index (χ2v) is 7.13. The van der Waals surface area contributed by atoms with E-state index in [2.05, 4.69) is 10.0 Å². The quantitative estimate of drug-likeness (QED) is 0.592. The number of sulfonamides is 1. The van der Waals surface area contributed by atoms with Gasteiger partial charge in [0.1, 0.15) is 0 Å². The van der Waals surface area contributed by atoms with Gasteiger partial charge in [-0.2, -0.15) is 0 Å². The first-order valence-corrected chi connectivity index (χ1v) is 9.16. The first-order chi connectivity index (χ1) is 10.7. The van der Waals surface area contributed by atoms with Crippen molar-refractivity contribution in [3.8, 4) is 0 Å². The van der Waals surface area contributed by atoms with Gasteiger partial charge in [0.05, 0.1) is 17.5 Å². The van der Waals surface area contributed by atoms with Crippen LogP contribution in [0.15, 0.2) is 18.2 Å². The summed E-state index contributed by atoms with van der Waals surface area (Å²) in [5.41, 5.74) is 1.35. The molecular formula is C15H22N2O5S. The smallest absolute Gasteiger partial charge is 0.303 e. The molecule has 7 nitrogen and oxygen atoms in total. The van der Waals surface area contributed by atoms with Crippen LogP contribution in [0.1, 0.15) is 41.6 Å². The summed E-state index contributed by atoms with van der Waals surface area (Å²) < 4.78 is 25.0. The van der Waals surface area contributed by atoms with Crippen LogP contribution in [0.2, 0.25) is 0 Å². The van der Waals surface area contributed by atoms with Gasteiger partial charge in [0.2, 0.25) is 10.0 Å². The largest absolute Gasteiger partial charge is 0.481 e. The van der Waals surface area contributed by atoms with Crippen LogP contribution >= 0.6 is 0 Å². The van der Waals surface area contributed by atoms with Crippen molar-refractivity contribution in [2.24, 2.45) is 0 Å².